The molecule has 30 heavy (non-hydrogen) atoms. The van der Waals surface area contributed by atoms with Gasteiger partial charge in [-0.2, -0.15) is 4.98 Å². The second-order valence-corrected chi connectivity index (χ2v) is 7.74. The van der Waals surface area contributed by atoms with Crippen molar-refractivity contribution in [3.8, 4) is 5.75 Å². The van der Waals surface area contributed by atoms with E-state index < -0.39 is 5.56 Å². The van der Waals surface area contributed by atoms with E-state index in [4.69, 9.17) is 9.73 Å². The summed E-state index contributed by atoms with van der Waals surface area (Å²) in [5, 5.41) is 0.680. The lowest BCUT2D eigenvalue weighted by atomic mass is 10.2. The summed E-state index contributed by atoms with van der Waals surface area (Å²) in [6.07, 6.45) is 1.77. The standard InChI is InChI=1S/C23H25N3O3S/c1-4-14-26(15-5-2)20-22(24-16-10-12-17(29-3)13-11-16)30-23(28)19-9-7-6-8-18(19)21(27)25-20/h6-13H,4-5,14-15H2,1-3H3. The molecule has 0 amide bonds. The molecule has 3 aromatic rings. The maximum atomic E-state index is 13.0. The second-order valence-electron chi connectivity index (χ2n) is 6.78. The maximum absolute atomic E-state index is 13.0. The van der Waals surface area contributed by atoms with Gasteiger partial charge in [0.15, 0.2) is 10.5 Å². The number of methoxy groups -OCH3 is 1. The van der Waals surface area contributed by atoms with Crippen LogP contribution in [-0.4, -0.2) is 25.2 Å². The highest BCUT2D eigenvalue weighted by Crippen LogP contribution is 2.18. The fourth-order valence-corrected chi connectivity index (χ4v) is 4.04. The summed E-state index contributed by atoms with van der Waals surface area (Å²) >= 11 is 1.01. The molecule has 1 aromatic heterocycles. The van der Waals surface area contributed by atoms with Crippen LogP contribution in [0.1, 0.15) is 26.7 Å². The number of anilines is 1. The number of hydrogen-bond donors (Lipinski definition) is 0. The number of fused-ring (bicyclic) bond motifs is 1. The van der Waals surface area contributed by atoms with Crippen molar-refractivity contribution in [1.29, 1.82) is 0 Å². The van der Waals surface area contributed by atoms with Gasteiger partial charge in [-0.05, 0) is 49.2 Å². The van der Waals surface area contributed by atoms with Gasteiger partial charge in [0.2, 0.25) is 4.74 Å². The molecule has 156 valence electrons. The monoisotopic (exact) mass is 423 g/mol. The van der Waals surface area contributed by atoms with Gasteiger partial charge >= 0.3 is 0 Å². The molecule has 0 N–H and O–H groups in total. The number of rotatable bonds is 7. The van der Waals surface area contributed by atoms with Crippen LogP contribution in [0, 0.1) is 0 Å². The number of nitrogens with zero attached hydrogens (tertiary/aromatic N) is 3. The molecule has 6 nitrogen and oxygen atoms in total. The van der Waals surface area contributed by atoms with E-state index in [0.717, 1.165) is 43.0 Å². The van der Waals surface area contributed by atoms with Crippen molar-refractivity contribution in [2.75, 3.05) is 25.1 Å². The van der Waals surface area contributed by atoms with Crippen LogP contribution in [0.5, 0.6) is 5.75 Å². The zero-order chi connectivity index (χ0) is 21.5. The second kappa shape index (κ2) is 10.1. The molecule has 1 heterocycles. The summed E-state index contributed by atoms with van der Waals surface area (Å²) in [7, 11) is 1.60. The molecular formula is C23H25N3O3S. The zero-order valence-corrected chi connectivity index (χ0v) is 18.2. The smallest absolute Gasteiger partial charge is 0.279 e. The van der Waals surface area contributed by atoms with E-state index in [0.29, 0.717) is 26.9 Å². The third-order valence-electron chi connectivity index (χ3n) is 4.56. The predicted octanol–water partition coefficient (Wildman–Crippen LogP) is 3.88. The normalized spacial score (nSPS) is 11.5. The Morgan fingerprint density at radius 2 is 1.60 bits per heavy atom. The lowest BCUT2D eigenvalue weighted by Gasteiger charge is -2.21. The van der Waals surface area contributed by atoms with Crippen molar-refractivity contribution in [1.82, 2.24) is 4.98 Å². The van der Waals surface area contributed by atoms with E-state index in [-0.39, 0.29) is 4.74 Å². The Kier molecular flexibility index (Phi) is 7.30. The van der Waals surface area contributed by atoms with Gasteiger partial charge < -0.3 is 9.64 Å². The number of benzene rings is 2. The van der Waals surface area contributed by atoms with Crippen molar-refractivity contribution >= 4 is 33.6 Å². The quantitative estimate of drug-likeness (QED) is 0.577. The molecule has 0 saturated heterocycles. The van der Waals surface area contributed by atoms with Crippen molar-refractivity contribution in [2.24, 2.45) is 4.99 Å². The summed E-state index contributed by atoms with van der Waals surface area (Å²) < 4.78 is 5.41. The summed E-state index contributed by atoms with van der Waals surface area (Å²) in [6, 6.07) is 14.0. The van der Waals surface area contributed by atoms with Gasteiger partial charge in [0, 0.05) is 18.5 Å². The summed E-state index contributed by atoms with van der Waals surface area (Å²) in [5.74, 6) is 1.17. The van der Waals surface area contributed by atoms with Crippen LogP contribution >= 0.6 is 11.3 Å². The number of ether oxygens (including phenoxy) is 1. The molecule has 0 saturated carbocycles. The highest BCUT2D eigenvalue weighted by Gasteiger charge is 2.12. The molecule has 0 aliphatic heterocycles. The molecule has 0 bridgehead atoms. The van der Waals surface area contributed by atoms with Crippen LogP contribution in [0.3, 0.4) is 0 Å². The van der Waals surface area contributed by atoms with Gasteiger partial charge in [-0.1, -0.05) is 37.3 Å². The Hall–Kier alpha value is -3.06. The Bertz CT molecular complexity index is 1200. The largest absolute Gasteiger partial charge is 0.497 e. The molecule has 3 rings (SSSR count). The molecule has 0 spiro atoms. The van der Waals surface area contributed by atoms with E-state index in [9.17, 15) is 9.59 Å². The van der Waals surface area contributed by atoms with E-state index in [1.807, 2.05) is 29.2 Å². The fourth-order valence-electron chi connectivity index (χ4n) is 3.16. The zero-order valence-electron chi connectivity index (χ0n) is 17.4. The summed E-state index contributed by atoms with van der Waals surface area (Å²) in [6.45, 7) is 5.58. The van der Waals surface area contributed by atoms with Crippen LogP contribution in [0.25, 0.3) is 10.8 Å². The van der Waals surface area contributed by atoms with Gasteiger partial charge in [0.1, 0.15) is 5.75 Å². The lowest BCUT2D eigenvalue weighted by Crippen LogP contribution is -2.32. The number of aromatic nitrogens is 1. The Morgan fingerprint density at radius 1 is 0.967 bits per heavy atom. The molecule has 7 heteroatoms. The van der Waals surface area contributed by atoms with Crippen molar-refractivity contribution in [2.45, 2.75) is 26.7 Å². The van der Waals surface area contributed by atoms with Gasteiger partial charge in [-0.3, -0.25) is 9.59 Å². The van der Waals surface area contributed by atoms with E-state index in [1.165, 1.54) is 0 Å². The predicted molar refractivity (Wildman–Crippen MR) is 123 cm³/mol. The first-order valence-electron chi connectivity index (χ1n) is 9.99. The Balaban J connectivity index is 2.38. The SMILES string of the molecule is CCCN(CCC)c1nc(=O)c2ccccc2c(=O)sc1=Nc1ccc(OC)cc1. The number of hydrogen-bond acceptors (Lipinski definition) is 7. The van der Waals surface area contributed by atoms with Crippen LogP contribution in [0.15, 0.2) is 63.1 Å². The van der Waals surface area contributed by atoms with Crippen molar-refractivity contribution < 1.29 is 4.74 Å². The molecule has 0 unspecified atom stereocenters. The minimum Gasteiger partial charge on any atom is -0.497 e. The van der Waals surface area contributed by atoms with Gasteiger partial charge in [-0.15, -0.1) is 0 Å². The third kappa shape index (κ3) is 4.91. The fraction of sp³-hybridized carbons (Fsp3) is 0.304. The molecule has 0 atom stereocenters. The first kappa shape index (κ1) is 21.6. The van der Waals surface area contributed by atoms with Gasteiger partial charge in [0.05, 0.1) is 18.2 Å². The third-order valence-corrected chi connectivity index (χ3v) is 5.43. The lowest BCUT2D eigenvalue weighted by molar-refractivity contribution is 0.415. The molecule has 0 aliphatic rings. The first-order valence-corrected chi connectivity index (χ1v) is 10.8. The Morgan fingerprint density at radius 3 is 2.20 bits per heavy atom. The highest BCUT2D eigenvalue weighted by molar-refractivity contribution is 7.07. The van der Waals surface area contributed by atoms with Gasteiger partial charge in [-0.25, -0.2) is 4.99 Å². The van der Waals surface area contributed by atoms with E-state index >= 15 is 0 Å². The topological polar surface area (TPSA) is 71.9 Å². The summed E-state index contributed by atoms with van der Waals surface area (Å²) in [4.78, 5) is 37.2. The molecule has 0 aliphatic carbocycles. The molecule has 0 radical (unpaired) electrons. The maximum Gasteiger partial charge on any atom is 0.279 e. The van der Waals surface area contributed by atoms with E-state index in [1.54, 1.807) is 31.4 Å². The summed E-state index contributed by atoms with van der Waals surface area (Å²) in [5.41, 5.74) is 0.238. The van der Waals surface area contributed by atoms with Crippen LogP contribution in [0.2, 0.25) is 0 Å². The van der Waals surface area contributed by atoms with Crippen LogP contribution in [-0.2, 0) is 0 Å². The average molecular weight is 424 g/mol. The first-order chi connectivity index (χ1) is 14.6. The molecular weight excluding hydrogens is 398 g/mol. The van der Waals surface area contributed by atoms with Crippen LogP contribution < -0.4 is 24.6 Å². The molecule has 2 aromatic carbocycles. The minimum absolute atomic E-state index is 0.216. The van der Waals surface area contributed by atoms with Gasteiger partial charge in [0.25, 0.3) is 5.56 Å². The van der Waals surface area contributed by atoms with Crippen molar-refractivity contribution in [3.63, 3.8) is 0 Å². The minimum atomic E-state index is -0.422. The molecule has 0 fully saturated rings. The average Bonchev–Trinajstić information content (AvgIpc) is 2.76. The highest BCUT2D eigenvalue weighted by atomic mass is 32.1. The Labute approximate surface area is 179 Å². The van der Waals surface area contributed by atoms with Crippen molar-refractivity contribution in [3.05, 3.63) is 73.1 Å². The van der Waals surface area contributed by atoms with E-state index in [2.05, 4.69) is 18.8 Å². The van der Waals surface area contributed by atoms with Crippen LogP contribution in [0.4, 0.5) is 11.5 Å².